The number of hydrogen-bond donors (Lipinski definition) is 2. The van der Waals surface area contributed by atoms with Gasteiger partial charge in [0, 0.05) is 36.5 Å². The standard InChI is InChI=1S/C23H21F2N7O2/c1-32-23(30-22(31-32)15-3-5-19(24)28-9-15)29-17-4-2-14(16-6-7-27-21(26)20(16)25)8-18(17)34-12-13-10-33-11-13/h2-9,13H,10-12H2,1H3,(H2,26,27)(H,29,30,31). The maximum atomic E-state index is 14.6. The van der Waals surface area contributed by atoms with E-state index >= 15 is 0 Å². The minimum Gasteiger partial charge on any atom is -0.491 e. The highest BCUT2D eigenvalue weighted by atomic mass is 19.1. The minimum atomic E-state index is -0.590. The number of pyridine rings is 2. The van der Waals surface area contributed by atoms with Gasteiger partial charge in [0.1, 0.15) is 5.75 Å². The summed E-state index contributed by atoms with van der Waals surface area (Å²) in [6.07, 6.45) is 2.82. The van der Waals surface area contributed by atoms with Crippen LogP contribution in [0.1, 0.15) is 0 Å². The quantitative estimate of drug-likeness (QED) is 0.399. The fourth-order valence-corrected chi connectivity index (χ4v) is 3.43. The third-order valence-corrected chi connectivity index (χ3v) is 5.39. The molecule has 0 atom stereocenters. The number of anilines is 3. The number of aryl methyl sites for hydroxylation is 1. The highest BCUT2D eigenvalue weighted by Gasteiger charge is 2.21. The Morgan fingerprint density at radius 2 is 1.97 bits per heavy atom. The van der Waals surface area contributed by atoms with Crippen molar-refractivity contribution < 1.29 is 18.3 Å². The maximum absolute atomic E-state index is 14.6. The number of nitrogens with two attached hydrogens (primary N) is 1. The molecule has 4 aromatic rings. The van der Waals surface area contributed by atoms with Crippen molar-refractivity contribution in [2.24, 2.45) is 13.0 Å². The number of nitrogens with zero attached hydrogens (tertiary/aromatic N) is 5. The van der Waals surface area contributed by atoms with Crippen LogP contribution in [0.4, 0.5) is 26.2 Å². The third-order valence-electron chi connectivity index (χ3n) is 5.39. The van der Waals surface area contributed by atoms with Crippen molar-refractivity contribution in [3.05, 3.63) is 60.6 Å². The van der Waals surface area contributed by atoms with Crippen molar-refractivity contribution >= 4 is 17.5 Å². The molecule has 0 aliphatic carbocycles. The van der Waals surface area contributed by atoms with Gasteiger partial charge in [-0.15, -0.1) is 5.10 Å². The van der Waals surface area contributed by atoms with Gasteiger partial charge in [-0.2, -0.15) is 9.37 Å². The van der Waals surface area contributed by atoms with E-state index in [2.05, 4.69) is 25.4 Å². The Morgan fingerprint density at radius 3 is 2.71 bits per heavy atom. The van der Waals surface area contributed by atoms with Gasteiger partial charge in [0.2, 0.25) is 11.9 Å². The van der Waals surface area contributed by atoms with Crippen molar-refractivity contribution in [3.8, 4) is 28.3 Å². The van der Waals surface area contributed by atoms with E-state index in [-0.39, 0.29) is 11.7 Å². The Morgan fingerprint density at radius 1 is 1.15 bits per heavy atom. The van der Waals surface area contributed by atoms with Crippen molar-refractivity contribution in [2.75, 3.05) is 30.9 Å². The number of hydrogen-bond acceptors (Lipinski definition) is 8. The molecule has 0 radical (unpaired) electrons. The first-order valence-electron chi connectivity index (χ1n) is 10.5. The van der Waals surface area contributed by atoms with Crippen molar-refractivity contribution in [1.82, 2.24) is 24.7 Å². The van der Waals surface area contributed by atoms with E-state index in [9.17, 15) is 8.78 Å². The highest BCUT2D eigenvalue weighted by molar-refractivity contribution is 5.74. The van der Waals surface area contributed by atoms with Gasteiger partial charge in [0.25, 0.3) is 0 Å². The molecule has 4 heterocycles. The molecule has 1 aliphatic rings. The van der Waals surface area contributed by atoms with Gasteiger partial charge in [-0.05, 0) is 35.9 Å². The first-order chi connectivity index (χ1) is 16.5. The zero-order valence-corrected chi connectivity index (χ0v) is 18.2. The van der Waals surface area contributed by atoms with Crippen LogP contribution in [0, 0.1) is 17.7 Å². The van der Waals surface area contributed by atoms with E-state index < -0.39 is 11.8 Å². The number of halogens is 2. The molecule has 0 unspecified atom stereocenters. The van der Waals surface area contributed by atoms with Crippen LogP contribution >= 0.6 is 0 Å². The summed E-state index contributed by atoms with van der Waals surface area (Å²) in [7, 11) is 1.73. The SMILES string of the molecule is Cn1nc(-c2ccc(F)nc2)nc1Nc1ccc(-c2ccnc(N)c2F)cc1OCC1COC1. The zero-order chi connectivity index (χ0) is 23.7. The van der Waals surface area contributed by atoms with Gasteiger partial charge in [-0.3, -0.25) is 0 Å². The van der Waals surface area contributed by atoms with Crippen LogP contribution in [0.25, 0.3) is 22.5 Å². The molecule has 0 spiro atoms. The molecule has 1 aromatic carbocycles. The van der Waals surface area contributed by atoms with E-state index in [1.807, 2.05) is 0 Å². The number of nitrogens with one attached hydrogen (secondary N) is 1. The second-order valence-electron chi connectivity index (χ2n) is 7.86. The summed E-state index contributed by atoms with van der Waals surface area (Å²) in [5, 5.41) is 7.59. The molecule has 1 saturated heterocycles. The molecule has 11 heteroatoms. The van der Waals surface area contributed by atoms with Crippen molar-refractivity contribution in [3.63, 3.8) is 0 Å². The van der Waals surface area contributed by atoms with Crippen LogP contribution in [0.3, 0.4) is 0 Å². The number of aromatic nitrogens is 5. The van der Waals surface area contributed by atoms with E-state index in [0.717, 1.165) is 0 Å². The lowest BCUT2D eigenvalue weighted by Crippen LogP contribution is -2.32. The van der Waals surface area contributed by atoms with Crippen molar-refractivity contribution in [1.29, 1.82) is 0 Å². The summed E-state index contributed by atoms with van der Waals surface area (Å²) in [6.45, 7) is 1.72. The Balaban J connectivity index is 1.46. The molecule has 1 aliphatic heterocycles. The van der Waals surface area contributed by atoms with Crippen LogP contribution in [0.5, 0.6) is 5.75 Å². The summed E-state index contributed by atoms with van der Waals surface area (Å²) < 4.78 is 40.6. The first kappa shape index (κ1) is 21.7. The fraction of sp³-hybridized carbons (Fsp3) is 0.217. The average molecular weight is 465 g/mol. The molecule has 0 bridgehead atoms. The second-order valence-corrected chi connectivity index (χ2v) is 7.86. The van der Waals surface area contributed by atoms with E-state index in [0.29, 0.717) is 59.7 Å². The Labute approximate surface area is 193 Å². The lowest BCUT2D eigenvalue weighted by atomic mass is 10.0. The van der Waals surface area contributed by atoms with Gasteiger partial charge in [-0.25, -0.2) is 19.0 Å². The predicted molar refractivity (Wildman–Crippen MR) is 121 cm³/mol. The number of ether oxygens (including phenoxy) is 2. The lowest BCUT2D eigenvalue weighted by Gasteiger charge is -2.26. The Kier molecular flexibility index (Phi) is 5.76. The summed E-state index contributed by atoms with van der Waals surface area (Å²) in [4.78, 5) is 11.9. The third kappa shape index (κ3) is 4.37. The molecule has 3 N–H and O–H groups in total. The fourth-order valence-electron chi connectivity index (χ4n) is 3.43. The monoisotopic (exact) mass is 465 g/mol. The molecule has 9 nitrogen and oxygen atoms in total. The first-order valence-corrected chi connectivity index (χ1v) is 10.5. The van der Waals surface area contributed by atoms with Gasteiger partial charge >= 0.3 is 0 Å². The van der Waals surface area contributed by atoms with Crippen LogP contribution in [-0.4, -0.2) is 44.6 Å². The Hall–Kier alpha value is -4.12. The topological polar surface area (TPSA) is 113 Å². The summed E-state index contributed by atoms with van der Waals surface area (Å²) in [5.74, 6) is 0.275. The minimum absolute atomic E-state index is 0.171. The summed E-state index contributed by atoms with van der Waals surface area (Å²) in [5.41, 5.74) is 7.74. The number of benzene rings is 1. The largest absolute Gasteiger partial charge is 0.491 e. The van der Waals surface area contributed by atoms with Crippen LogP contribution in [0.2, 0.25) is 0 Å². The zero-order valence-electron chi connectivity index (χ0n) is 18.2. The lowest BCUT2D eigenvalue weighted by molar-refractivity contribution is -0.0507. The van der Waals surface area contributed by atoms with E-state index in [1.54, 1.807) is 42.1 Å². The average Bonchev–Trinajstić information content (AvgIpc) is 3.16. The number of rotatable bonds is 7. The smallest absolute Gasteiger partial charge is 0.226 e. The summed E-state index contributed by atoms with van der Waals surface area (Å²) in [6, 6.07) is 9.62. The molecular formula is C23H21F2N7O2. The van der Waals surface area contributed by atoms with Crippen LogP contribution < -0.4 is 15.8 Å². The van der Waals surface area contributed by atoms with Gasteiger partial charge in [-0.1, -0.05) is 6.07 Å². The van der Waals surface area contributed by atoms with Gasteiger partial charge in [0.05, 0.1) is 25.5 Å². The maximum Gasteiger partial charge on any atom is 0.226 e. The predicted octanol–water partition coefficient (Wildman–Crippen LogP) is 3.57. The van der Waals surface area contributed by atoms with E-state index in [1.165, 1.54) is 18.5 Å². The molecule has 5 rings (SSSR count). The molecule has 34 heavy (non-hydrogen) atoms. The highest BCUT2D eigenvalue weighted by Crippen LogP contribution is 2.35. The molecule has 3 aromatic heterocycles. The Bertz CT molecular complexity index is 1320. The normalized spacial score (nSPS) is 13.5. The van der Waals surface area contributed by atoms with E-state index in [4.69, 9.17) is 15.2 Å². The van der Waals surface area contributed by atoms with Crippen molar-refractivity contribution in [2.45, 2.75) is 0 Å². The molecule has 0 saturated carbocycles. The second kappa shape index (κ2) is 9.02. The molecule has 0 amide bonds. The summed E-state index contributed by atoms with van der Waals surface area (Å²) >= 11 is 0. The van der Waals surface area contributed by atoms with Gasteiger partial charge < -0.3 is 20.5 Å². The van der Waals surface area contributed by atoms with Crippen LogP contribution in [0.15, 0.2) is 48.8 Å². The molecule has 174 valence electrons. The molecular weight excluding hydrogens is 444 g/mol. The molecule has 1 fully saturated rings. The van der Waals surface area contributed by atoms with Crippen LogP contribution in [-0.2, 0) is 11.8 Å². The number of nitrogen functional groups attached to an aromatic ring is 1. The van der Waals surface area contributed by atoms with Gasteiger partial charge in [0.15, 0.2) is 17.5 Å².